The molecule has 4 nitrogen and oxygen atoms in total. The lowest BCUT2D eigenvalue weighted by Gasteiger charge is -1.96. The second kappa shape index (κ2) is 3.31. The molecule has 5 heteroatoms. The maximum Gasteiger partial charge on any atom is 0.145 e. The van der Waals surface area contributed by atoms with Crippen LogP contribution < -0.4 is 5.73 Å². The Kier molecular flexibility index (Phi) is 1.94. The van der Waals surface area contributed by atoms with Crippen LogP contribution in [0.25, 0.3) is 21.3 Å². The van der Waals surface area contributed by atoms with Crippen molar-refractivity contribution in [2.24, 2.45) is 0 Å². The second-order valence-corrected chi connectivity index (χ2v) is 4.49. The predicted molar refractivity (Wildman–Crippen MR) is 66.4 cm³/mol. The summed E-state index contributed by atoms with van der Waals surface area (Å²) in [5.74, 6) is 0.510. The first-order valence-electron chi connectivity index (χ1n) is 4.91. The third kappa shape index (κ3) is 1.37. The molecular weight excluding hydrogens is 220 g/mol. The van der Waals surface area contributed by atoms with Crippen LogP contribution in [0.1, 0.15) is 5.69 Å². The highest BCUT2D eigenvalue weighted by Crippen LogP contribution is 2.27. The van der Waals surface area contributed by atoms with Crippen LogP contribution in [0.5, 0.6) is 0 Å². The largest absolute Gasteiger partial charge is 0.382 e. The Balaban J connectivity index is 2.18. The number of hydrogen-bond acceptors (Lipinski definition) is 4. The zero-order valence-electron chi connectivity index (χ0n) is 8.69. The van der Waals surface area contributed by atoms with Gasteiger partial charge in [-0.3, -0.25) is 5.10 Å². The Labute approximate surface area is 96.3 Å². The Morgan fingerprint density at radius 1 is 1.31 bits per heavy atom. The number of rotatable bonds is 1. The zero-order chi connectivity index (χ0) is 11.1. The van der Waals surface area contributed by atoms with E-state index in [1.807, 2.05) is 13.0 Å². The van der Waals surface area contributed by atoms with Crippen LogP contribution in [0.2, 0.25) is 0 Å². The molecule has 0 bridgehead atoms. The monoisotopic (exact) mass is 230 g/mol. The van der Waals surface area contributed by atoms with Crippen LogP contribution in [0, 0.1) is 6.92 Å². The molecule has 0 fully saturated rings. The van der Waals surface area contributed by atoms with Gasteiger partial charge in [-0.2, -0.15) is 9.47 Å². The summed E-state index contributed by atoms with van der Waals surface area (Å²) in [6, 6.07) is 8.07. The lowest BCUT2D eigenvalue weighted by Crippen LogP contribution is -1.81. The topological polar surface area (TPSA) is 67.6 Å². The average Bonchev–Trinajstić information content (AvgIpc) is 2.86. The first kappa shape index (κ1) is 9.35. The number of hydrogen-bond donors (Lipinski definition) is 2. The molecule has 0 saturated heterocycles. The minimum absolute atomic E-state index is 0.510. The molecule has 16 heavy (non-hydrogen) atoms. The van der Waals surface area contributed by atoms with Crippen molar-refractivity contribution < 1.29 is 0 Å². The van der Waals surface area contributed by atoms with Crippen LogP contribution in [-0.4, -0.2) is 14.6 Å². The Hall–Kier alpha value is -1.88. The number of H-pyrrole nitrogens is 1. The summed E-state index contributed by atoms with van der Waals surface area (Å²) >= 11 is 1.51. The number of nitrogen functional groups attached to an aromatic ring is 1. The maximum atomic E-state index is 5.58. The Bertz CT molecular complexity index is 653. The Morgan fingerprint density at radius 2 is 2.19 bits per heavy atom. The van der Waals surface area contributed by atoms with Crippen LogP contribution in [0.3, 0.4) is 0 Å². The fourth-order valence-corrected chi connectivity index (χ4v) is 2.54. The third-order valence-corrected chi connectivity index (χ3v) is 3.46. The lowest BCUT2D eigenvalue weighted by atomic mass is 10.1. The highest BCUT2D eigenvalue weighted by atomic mass is 32.1. The van der Waals surface area contributed by atoms with E-state index in [2.05, 4.69) is 32.8 Å². The van der Waals surface area contributed by atoms with Gasteiger partial charge in [0.1, 0.15) is 5.82 Å². The van der Waals surface area contributed by atoms with Crippen molar-refractivity contribution in [1.29, 1.82) is 0 Å². The standard InChI is InChI=1S/C11H10N4S/c1-6-8-3-2-7(4-10(8)16-15-6)9-5-11(12)14-13-9/h2-5H,1H3,(H3,12,13,14). The molecule has 0 radical (unpaired) electrons. The minimum atomic E-state index is 0.510. The first-order chi connectivity index (χ1) is 7.74. The zero-order valence-corrected chi connectivity index (χ0v) is 9.51. The number of fused-ring (bicyclic) bond motifs is 1. The van der Waals surface area contributed by atoms with E-state index in [0.29, 0.717) is 5.82 Å². The number of aryl methyl sites for hydroxylation is 1. The maximum absolute atomic E-state index is 5.58. The van der Waals surface area contributed by atoms with Crippen molar-refractivity contribution in [3.05, 3.63) is 30.0 Å². The van der Waals surface area contributed by atoms with Crippen LogP contribution in [0.15, 0.2) is 24.3 Å². The van der Waals surface area contributed by atoms with Gasteiger partial charge in [0.25, 0.3) is 0 Å². The van der Waals surface area contributed by atoms with Gasteiger partial charge >= 0.3 is 0 Å². The summed E-state index contributed by atoms with van der Waals surface area (Å²) in [7, 11) is 0. The molecule has 3 aromatic rings. The van der Waals surface area contributed by atoms with Crippen molar-refractivity contribution in [2.75, 3.05) is 5.73 Å². The van der Waals surface area contributed by atoms with Gasteiger partial charge in [0.2, 0.25) is 0 Å². The summed E-state index contributed by atoms with van der Waals surface area (Å²) in [6.07, 6.45) is 0. The quantitative estimate of drug-likeness (QED) is 0.675. The summed E-state index contributed by atoms with van der Waals surface area (Å²) in [5.41, 5.74) is 8.68. The molecule has 0 atom stereocenters. The molecule has 0 unspecified atom stereocenters. The van der Waals surface area contributed by atoms with Gasteiger partial charge in [0.15, 0.2) is 0 Å². The van der Waals surface area contributed by atoms with Gasteiger partial charge in [-0.1, -0.05) is 12.1 Å². The molecule has 1 aromatic carbocycles. The highest BCUT2D eigenvalue weighted by Gasteiger charge is 2.06. The van der Waals surface area contributed by atoms with Crippen LogP contribution in [0.4, 0.5) is 5.82 Å². The van der Waals surface area contributed by atoms with E-state index in [0.717, 1.165) is 17.0 Å². The highest BCUT2D eigenvalue weighted by molar-refractivity contribution is 7.13. The summed E-state index contributed by atoms with van der Waals surface area (Å²) in [6.45, 7) is 2.02. The van der Waals surface area contributed by atoms with Gasteiger partial charge in [-0.25, -0.2) is 0 Å². The fourth-order valence-electron chi connectivity index (χ4n) is 1.72. The van der Waals surface area contributed by atoms with Crippen molar-refractivity contribution >= 4 is 27.4 Å². The molecule has 2 heterocycles. The fraction of sp³-hybridized carbons (Fsp3) is 0.0909. The van der Waals surface area contributed by atoms with Gasteiger partial charge in [-0.05, 0) is 24.5 Å². The van der Waals surface area contributed by atoms with E-state index in [1.54, 1.807) is 0 Å². The molecular formula is C11H10N4S. The number of aromatic nitrogens is 3. The lowest BCUT2D eigenvalue weighted by molar-refractivity contribution is 1.10. The number of aromatic amines is 1. The minimum Gasteiger partial charge on any atom is -0.382 e. The molecule has 0 amide bonds. The van der Waals surface area contributed by atoms with Gasteiger partial charge in [0, 0.05) is 17.0 Å². The van der Waals surface area contributed by atoms with E-state index in [-0.39, 0.29) is 0 Å². The van der Waals surface area contributed by atoms with Crippen LogP contribution >= 0.6 is 11.5 Å². The average molecular weight is 230 g/mol. The number of anilines is 1. The number of nitrogens with one attached hydrogen (secondary N) is 1. The molecule has 0 aliphatic rings. The molecule has 0 saturated carbocycles. The second-order valence-electron chi connectivity index (χ2n) is 3.69. The molecule has 3 N–H and O–H groups in total. The van der Waals surface area contributed by atoms with Gasteiger partial charge in [0.05, 0.1) is 16.1 Å². The molecule has 0 spiro atoms. The van der Waals surface area contributed by atoms with Crippen molar-refractivity contribution in [2.45, 2.75) is 6.92 Å². The van der Waals surface area contributed by atoms with E-state index in [4.69, 9.17) is 5.73 Å². The number of nitrogens with two attached hydrogens (primary N) is 1. The smallest absolute Gasteiger partial charge is 0.145 e. The van der Waals surface area contributed by atoms with Crippen molar-refractivity contribution in [3.63, 3.8) is 0 Å². The summed E-state index contributed by atoms with van der Waals surface area (Å²) in [5, 5.41) is 8.03. The van der Waals surface area contributed by atoms with Gasteiger partial charge in [-0.15, -0.1) is 0 Å². The molecule has 0 aliphatic carbocycles. The van der Waals surface area contributed by atoms with Crippen molar-refractivity contribution in [3.8, 4) is 11.3 Å². The summed E-state index contributed by atoms with van der Waals surface area (Å²) in [4.78, 5) is 0. The molecule has 80 valence electrons. The Morgan fingerprint density at radius 3 is 2.94 bits per heavy atom. The number of benzene rings is 1. The van der Waals surface area contributed by atoms with Crippen LogP contribution in [-0.2, 0) is 0 Å². The number of nitrogens with zero attached hydrogens (tertiary/aromatic N) is 2. The molecule has 2 aromatic heterocycles. The van der Waals surface area contributed by atoms with E-state index >= 15 is 0 Å². The van der Waals surface area contributed by atoms with Crippen molar-refractivity contribution in [1.82, 2.24) is 14.6 Å². The van der Waals surface area contributed by atoms with E-state index < -0.39 is 0 Å². The first-order valence-corrected chi connectivity index (χ1v) is 5.68. The molecule has 3 rings (SSSR count). The van der Waals surface area contributed by atoms with E-state index in [9.17, 15) is 0 Å². The van der Waals surface area contributed by atoms with E-state index in [1.165, 1.54) is 21.6 Å². The normalized spacial score (nSPS) is 11.1. The SMILES string of the molecule is Cc1nsc2cc(-c3cc(N)n[nH]3)ccc12. The predicted octanol–water partition coefficient (Wildman–Crippen LogP) is 2.58. The molecule has 0 aliphatic heterocycles. The van der Waals surface area contributed by atoms with Gasteiger partial charge < -0.3 is 5.73 Å². The summed E-state index contributed by atoms with van der Waals surface area (Å²) < 4.78 is 5.51. The third-order valence-electron chi connectivity index (χ3n) is 2.56.